The highest BCUT2D eigenvalue weighted by atomic mass is 16.5. The van der Waals surface area contributed by atoms with Crippen LogP contribution >= 0.6 is 0 Å². The number of rotatable bonds is 7. The lowest BCUT2D eigenvalue weighted by Crippen LogP contribution is -2.46. The van der Waals surface area contributed by atoms with Crippen LogP contribution in [0.3, 0.4) is 0 Å². The first kappa shape index (κ1) is 15.3. The maximum absolute atomic E-state index is 10.9. The molecule has 22 heavy (non-hydrogen) atoms. The topological polar surface area (TPSA) is 63.2 Å². The van der Waals surface area contributed by atoms with Gasteiger partial charge in [0.1, 0.15) is 12.4 Å². The Balaban J connectivity index is 1.42. The number of aromatic nitrogens is 1. The number of hydrogen-bond donors (Lipinski definition) is 2. The number of pyridine rings is 1. The van der Waals surface area contributed by atoms with E-state index in [-0.39, 0.29) is 5.91 Å². The molecule has 5 heteroatoms. The van der Waals surface area contributed by atoms with Crippen LogP contribution in [-0.2, 0) is 4.79 Å². The molecule has 0 radical (unpaired) electrons. The minimum Gasteiger partial charge on any atom is -0.490 e. The third kappa shape index (κ3) is 3.97. The van der Waals surface area contributed by atoms with E-state index < -0.39 is 0 Å². The van der Waals surface area contributed by atoms with Gasteiger partial charge in [0.25, 0.3) is 0 Å². The second-order valence-electron chi connectivity index (χ2n) is 6.51. The molecule has 0 spiro atoms. The van der Waals surface area contributed by atoms with Gasteiger partial charge in [-0.1, -0.05) is 0 Å². The van der Waals surface area contributed by atoms with Gasteiger partial charge in [-0.3, -0.25) is 9.78 Å². The summed E-state index contributed by atoms with van der Waals surface area (Å²) in [5.74, 6) is 2.26. The lowest BCUT2D eigenvalue weighted by atomic mass is 9.70. The van der Waals surface area contributed by atoms with Crippen molar-refractivity contribution in [2.75, 3.05) is 19.7 Å². The van der Waals surface area contributed by atoms with Crippen molar-refractivity contribution in [3.05, 3.63) is 24.0 Å². The molecule has 0 unspecified atom stereocenters. The van der Waals surface area contributed by atoms with Crippen molar-refractivity contribution < 1.29 is 9.53 Å². The predicted molar refractivity (Wildman–Crippen MR) is 84.9 cm³/mol. The first-order chi connectivity index (χ1) is 10.7. The zero-order valence-electron chi connectivity index (χ0n) is 13.2. The van der Waals surface area contributed by atoms with E-state index in [1.54, 1.807) is 13.1 Å². The van der Waals surface area contributed by atoms with E-state index in [0.717, 1.165) is 37.8 Å². The van der Waals surface area contributed by atoms with Crippen LogP contribution in [0.5, 0.6) is 5.75 Å². The molecule has 1 saturated carbocycles. The van der Waals surface area contributed by atoms with Crippen LogP contribution in [-0.4, -0.2) is 36.6 Å². The van der Waals surface area contributed by atoms with Gasteiger partial charge in [-0.15, -0.1) is 0 Å². The maximum Gasteiger partial charge on any atom is 0.216 e. The van der Waals surface area contributed by atoms with Crippen molar-refractivity contribution in [2.24, 2.45) is 5.92 Å². The molecule has 2 fully saturated rings. The third-order valence-corrected chi connectivity index (χ3v) is 4.74. The summed E-state index contributed by atoms with van der Waals surface area (Å²) in [7, 11) is 0. The molecular weight excluding hydrogens is 278 g/mol. The number of nitrogens with one attached hydrogen (secondary N) is 2. The van der Waals surface area contributed by atoms with Crippen LogP contribution in [0.25, 0.3) is 0 Å². The lowest BCUT2D eigenvalue weighted by Gasteiger charge is -2.35. The number of hydrogen-bond acceptors (Lipinski definition) is 4. The fraction of sp³-hybridized carbons (Fsp3) is 0.647. The van der Waals surface area contributed by atoms with Crippen molar-refractivity contribution in [3.63, 3.8) is 0 Å². The van der Waals surface area contributed by atoms with Crippen LogP contribution in [0, 0.1) is 5.92 Å². The first-order valence-electron chi connectivity index (χ1n) is 8.26. The Bertz CT molecular complexity index is 510. The predicted octanol–water partition coefficient (Wildman–Crippen LogP) is 1.84. The van der Waals surface area contributed by atoms with Gasteiger partial charge in [0.2, 0.25) is 5.91 Å². The van der Waals surface area contributed by atoms with E-state index in [4.69, 9.17) is 4.74 Å². The van der Waals surface area contributed by atoms with Crippen LogP contribution in [0.15, 0.2) is 18.5 Å². The molecule has 120 valence electrons. The Kier molecular flexibility index (Phi) is 4.93. The Morgan fingerprint density at radius 3 is 2.95 bits per heavy atom. The quantitative estimate of drug-likeness (QED) is 0.807. The Morgan fingerprint density at radius 1 is 1.45 bits per heavy atom. The molecule has 1 amide bonds. The maximum atomic E-state index is 10.9. The van der Waals surface area contributed by atoms with E-state index in [0.29, 0.717) is 12.0 Å². The average molecular weight is 303 g/mol. The van der Waals surface area contributed by atoms with Crippen molar-refractivity contribution in [2.45, 2.75) is 44.6 Å². The summed E-state index contributed by atoms with van der Waals surface area (Å²) < 4.78 is 5.81. The first-order valence-corrected chi connectivity index (χ1v) is 8.26. The van der Waals surface area contributed by atoms with Crippen molar-refractivity contribution in [1.82, 2.24) is 15.6 Å². The summed E-state index contributed by atoms with van der Waals surface area (Å²) in [6.07, 6.45) is 8.42. The minimum absolute atomic E-state index is 0.0610. The number of ether oxygens (including phenoxy) is 1. The molecule has 0 bridgehead atoms. The summed E-state index contributed by atoms with van der Waals surface area (Å²) >= 11 is 0. The Hall–Kier alpha value is -1.62. The van der Waals surface area contributed by atoms with E-state index in [1.165, 1.54) is 24.8 Å². The van der Waals surface area contributed by atoms with Gasteiger partial charge in [-0.05, 0) is 55.7 Å². The van der Waals surface area contributed by atoms with Crippen LogP contribution in [0.4, 0.5) is 0 Å². The normalized spacial score (nSPS) is 26.7. The SMILES string of the molecule is CC(=O)NCC[C@H]1C[C@H](c2cncc(OC[C@@H]3CCN3)c2)C1. The average Bonchev–Trinajstić information content (AvgIpc) is 2.39. The summed E-state index contributed by atoms with van der Waals surface area (Å²) in [4.78, 5) is 15.2. The highest BCUT2D eigenvalue weighted by Gasteiger charge is 2.30. The lowest BCUT2D eigenvalue weighted by molar-refractivity contribution is -0.119. The summed E-state index contributed by atoms with van der Waals surface area (Å²) in [6.45, 7) is 4.20. The summed E-state index contributed by atoms with van der Waals surface area (Å²) in [5.41, 5.74) is 1.29. The second kappa shape index (κ2) is 7.09. The molecule has 1 aromatic rings. The molecule has 3 rings (SSSR count). The highest BCUT2D eigenvalue weighted by Crippen LogP contribution is 2.43. The molecule has 0 aromatic carbocycles. The number of nitrogens with zero attached hydrogens (tertiary/aromatic N) is 1. The second-order valence-corrected chi connectivity index (χ2v) is 6.51. The molecule has 2 aliphatic rings. The third-order valence-electron chi connectivity index (χ3n) is 4.74. The van der Waals surface area contributed by atoms with Gasteiger partial charge in [0.05, 0.1) is 6.20 Å². The minimum atomic E-state index is 0.0610. The molecule has 1 aliphatic heterocycles. The van der Waals surface area contributed by atoms with Gasteiger partial charge < -0.3 is 15.4 Å². The molecule has 2 heterocycles. The number of amides is 1. The van der Waals surface area contributed by atoms with Gasteiger partial charge in [0.15, 0.2) is 0 Å². The smallest absolute Gasteiger partial charge is 0.216 e. The molecule has 1 atom stereocenters. The zero-order chi connectivity index (χ0) is 15.4. The Morgan fingerprint density at radius 2 is 2.27 bits per heavy atom. The molecule has 1 saturated heterocycles. The molecule has 5 nitrogen and oxygen atoms in total. The van der Waals surface area contributed by atoms with Crippen molar-refractivity contribution >= 4 is 5.91 Å². The van der Waals surface area contributed by atoms with Gasteiger partial charge in [-0.2, -0.15) is 0 Å². The van der Waals surface area contributed by atoms with Gasteiger partial charge in [0, 0.05) is 25.7 Å². The molecule has 1 aromatic heterocycles. The van der Waals surface area contributed by atoms with Crippen LogP contribution < -0.4 is 15.4 Å². The standard InChI is InChI=1S/C17H25N3O2/c1-12(21)19-4-2-13-6-14(7-13)15-8-17(10-18-9-15)22-11-16-3-5-20-16/h8-10,13-14,16,20H,2-7,11H2,1H3,(H,19,21)/t13-,14-,16-/m0/s1. The number of carbonyl (C=O) groups excluding carboxylic acids is 1. The van der Waals surface area contributed by atoms with E-state index in [1.807, 2.05) is 6.20 Å². The monoisotopic (exact) mass is 303 g/mol. The van der Waals surface area contributed by atoms with Crippen molar-refractivity contribution in [1.29, 1.82) is 0 Å². The summed E-state index contributed by atoms with van der Waals surface area (Å²) in [5, 5.41) is 6.20. The summed E-state index contributed by atoms with van der Waals surface area (Å²) in [6, 6.07) is 2.64. The zero-order valence-corrected chi connectivity index (χ0v) is 13.2. The van der Waals surface area contributed by atoms with E-state index >= 15 is 0 Å². The fourth-order valence-electron chi connectivity index (χ4n) is 3.12. The highest BCUT2D eigenvalue weighted by molar-refractivity contribution is 5.72. The fourth-order valence-corrected chi connectivity index (χ4v) is 3.12. The molecular formula is C17H25N3O2. The van der Waals surface area contributed by atoms with Crippen molar-refractivity contribution in [3.8, 4) is 5.75 Å². The molecule has 1 aliphatic carbocycles. The van der Waals surface area contributed by atoms with Crippen LogP contribution in [0.2, 0.25) is 0 Å². The van der Waals surface area contributed by atoms with E-state index in [9.17, 15) is 4.79 Å². The Labute approximate surface area is 131 Å². The van der Waals surface area contributed by atoms with Gasteiger partial charge >= 0.3 is 0 Å². The van der Waals surface area contributed by atoms with Gasteiger partial charge in [-0.25, -0.2) is 0 Å². The molecule has 2 N–H and O–H groups in total. The van der Waals surface area contributed by atoms with Crippen LogP contribution in [0.1, 0.15) is 44.1 Å². The number of carbonyl (C=O) groups is 1. The van der Waals surface area contributed by atoms with E-state index in [2.05, 4.69) is 21.7 Å². The largest absolute Gasteiger partial charge is 0.490 e.